The van der Waals surface area contributed by atoms with Crippen LogP contribution >= 0.6 is 0 Å². The summed E-state index contributed by atoms with van der Waals surface area (Å²) in [5.41, 5.74) is 0.911. The number of ether oxygens (including phenoxy) is 2. The van der Waals surface area contributed by atoms with Crippen molar-refractivity contribution in [3.63, 3.8) is 0 Å². The van der Waals surface area contributed by atoms with E-state index in [1.165, 1.54) is 6.42 Å². The Morgan fingerprint density at radius 3 is 2.54 bits per heavy atom. The molecule has 1 aliphatic heterocycles. The Balaban J connectivity index is 1.62. The average molecular weight is 386 g/mol. The van der Waals surface area contributed by atoms with Crippen LogP contribution in [0.15, 0.2) is 23.0 Å². The Kier molecular flexibility index (Phi) is 6.62. The van der Waals surface area contributed by atoms with E-state index in [2.05, 4.69) is 15.2 Å². The van der Waals surface area contributed by atoms with Crippen LogP contribution in [0.2, 0.25) is 0 Å². The largest absolute Gasteiger partial charge is 0.493 e. The predicted molar refractivity (Wildman–Crippen MR) is 104 cm³/mol. The number of nitrogens with zero attached hydrogens (tertiary/aromatic N) is 3. The first-order valence-corrected chi connectivity index (χ1v) is 9.54. The Morgan fingerprint density at radius 1 is 1.11 bits per heavy atom. The smallest absolute Gasteiger partial charge is 0.272 e. The first-order valence-electron chi connectivity index (χ1n) is 9.54. The molecule has 2 aromatic rings. The molecule has 1 N–H and O–H groups in total. The summed E-state index contributed by atoms with van der Waals surface area (Å²) in [5, 5.41) is 8.17. The molecule has 0 unspecified atom stereocenters. The lowest BCUT2D eigenvalue weighted by molar-refractivity contribution is -0.132. The number of hydrogen-bond donors (Lipinski definition) is 1. The molecule has 1 aliphatic rings. The highest BCUT2D eigenvalue weighted by atomic mass is 16.5. The number of aromatic amines is 1. The van der Waals surface area contributed by atoms with Crippen molar-refractivity contribution in [1.82, 2.24) is 20.1 Å². The molecule has 28 heavy (non-hydrogen) atoms. The van der Waals surface area contributed by atoms with E-state index in [-0.39, 0.29) is 17.9 Å². The van der Waals surface area contributed by atoms with Crippen LogP contribution in [0.3, 0.4) is 0 Å². The lowest BCUT2D eigenvalue weighted by Crippen LogP contribution is -2.36. The SMILES string of the molecule is COc1ccc(Cc2nnc(CCC(=O)N3CCCCC3)c(=O)[nH]2)cc1OC. The van der Waals surface area contributed by atoms with E-state index in [1.807, 2.05) is 17.0 Å². The highest BCUT2D eigenvalue weighted by Gasteiger charge is 2.17. The number of nitrogens with one attached hydrogen (secondary N) is 1. The minimum atomic E-state index is -0.295. The summed E-state index contributed by atoms with van der Waals surface area (Å²) in [6.45, 7) is 1.62. The molecule has 8 nitrogen and oxygen atoms in total. The van der Waals surface area contributed by atoms with Gasteiger partial charge in [0.2, 0.25) is 5.91 Å². The van der Waals surface area contributed by atoms with Crippen molar-refractivity contribution in [2.24, 2.45) is 0 Å². The van der Waals surface area contributed by atoms with Gasteiger partial charge in [-0.3, -0.25) is 9.59 Å². The van der Waals surface area contributed by atoms with Gasteiger partial charge in [0.05, 0.1) is 14.2 Å². The zero-order valence-electron chi connectivity index (χ0n) is 16.4. The number of H-pyrrole nitrogens is 1. The zero-order chi connectivity index (χ0) is 19.9. The number of carbonyl (C=O) groups excluding carboxylic acids is 1. The molecule has 0 aliphatic carbocycles. The summed E-state index contributed by atoms with van der Waals surface area (Å²) in [6.07, 6.45) is 4.28. The van der Waals surface area contributed by atoms with E-state index in [0.717, 1.165) is 31.5 Å². The van der Waals surface area contributed by atoms with Crippen LogP contribution < -0.4 is 15.0 Å². The molecule has 0 bridgehead atoms. The van der Waals surface area contributed by atoms with Gasteiger partial charge in [0.15, 0.2) is 11.5 Å². The molecule has 1 aromatic carbocycles. The Hall–Kier alpha value is -2.90. The van der Waals surface area contributed by atoms with Crippen molar-refractivity contribution in [3.05, 3.63) is 45.6 Å². The molecule has 0 spiro atoms. The molecule has 1 amide bonds. The first-order chi connectivity index (χ1) is 13.6. The third kappa shape index (κ3) is 4.88. The zero-order valence-corrected chi connectivity index (χ0v) is 16.4. The van der Waals surface area contributed by atoms with Gasteiger partial charge in [0.1, 0.15) is 11.5 Å². The lowest BCUT2D eigenvalue weighted by atomic mass is 10.1. The summed E-state index contributed by atoms with van der Waals surface area (Å²) in [7, 11) is 3.15. The van der Waals surface area contributed by atoms with Gasteiger partial charge < -0.3 is 19.4 Å². The number of aryl methyl sites for hydroxylation is 1. The van der Waals surface area contributed by atoms with Crippen LogP contribution in [0, 0.1) is 0 Å². The van der Waals surface area contributed by atoms with E-state index in [9.17, 15) is 9.59 Å². The van der Waals surface area contributed by atoms with Crippen LogP contribution in [0.1, 0.15) is 42.8 Å². The van der Waals surface area contributed by atoms with Gasteiger partial charge >= 0.3 is 0 Å². The average Bonchev–Trinajstić information content (AvgIpc) is 2.73. The number of methoxy groups -OCH3 is 2. The molecule has 3 rings (SSSR count). The van der Waals surface area contributed by atoms with Crippen molar-refractivity contribution in [3.8, 4) is 11.5 Å². The Labute approximate surface area is 163 Å². The van der Waals surface area contributed by atoms with Crippen LogP contribution in [-0.4, -0.2) is 53.3 Å². The quantitative estimate of drug-likeness (QED) is 0.778. The molecule has 2 heterocycles. The number of carbonyl (C=O) groups is 1. The van der Waals surface area contributed by atoms with E-state index in [0.29, 0.717) is 35.9 Å². The number of aromatic nitrogens is 3. The Morgan fingerprint density at radius 2 is 1.86 bits per heavy atom. The van der Waals surface area contributed by atoms with Crippen molar-refractivity contribution < 1.29 is 14.3 Å². The molecule has 1 aromatic heterocycles. The second-order valence-corrected chi connectivity index (χ2v) is 6.86. The van der Waals surface area contributed by atoms with Crippen molar-refractivity contribution in [1.29, 1.82) is 0 Å². The standard InChI is InChI=1S/C20H26N4O4/c1-27-16-8-6-14(12-17(16)28-2)13-18-21-20(26)15(22-23-18)7-9-19(25)24-10-4-3-5-11-24/h6,8,12H,3-5,7,9-11,13H2,1-2H3,(H,21,23,26). The fourth-order valence-corrected chi connectivity index (χ4v) is 3.35. The van der Waals surface area contributed by atoms with Crippen LogP contribution in [0.25, 0.3) is 0 Å². The van der Waals surface area contributed by atoms with Gasteiger partial charge in [0.25, 0.3) is 5.56 Å². The normalized spacial score (nSPS) is 14.0. The number of likely N-dealkylation sites (tertiary alicyclic amines) is 1. The second kappa shape index (κ2) is 9.34. The summed E-state index contributed by atoms with van der Waals surface area (Å²) in [4.78, 5) is 29.2. The molecule has 8 heteroatoms. The number of amides is 1. The van der Waals surface area contributed by atoms with Crippen molar-refractivity contribution >= 4 is 5.91 Å². The molecule has 150 valence electrons. The minimum absolute atomic E-state index is 0.0790. The van der Waals surface area contributed by atoms with Gasteiger partial charge in [-0.05, 0) is 37.0 Å². The third-order valence-corrected chi connectivity index (χ3v) is 4.92. The van der Waals surface area contributed by atoms with Gasteiger partial charge in [-0.15, -0.1) is 10.2 Å². The van der Waals surface area contributed by atoms with E-state index in [1.54, 1.807) is 20.3 Å². The fourth-order valence-electron chi connectivity index (χ4n) is 3.35. The molecule has 0 saturated carbocycles. The third-order valence-electron chi connectivity index (χ3n) is 4.92. The van der Waals surface area contributed by atoms with Gasteiger partial charge in [0, 0.05) is 32.4 Å². The molecule has 0 radical (unpaired) electrons. The number of hydrogen-bond acceptors (Lipinski definition) is 6. The highest BCUT2D eigenvalue weighted by Crippen LogP contribution is 2.28. The molecular formula is C20H26N4O4. The highest BCUT2D eigenvalue weighted by molar-refractivity contribution is 5.76. The molecule has 1 fully saturated rings. The summed E-state index contributed by atoms with van der Waals surface area (Å²) >= 11 is 0. The number of rotatable bonds is 7. The summed E-state index contributed by atoms with van der Waals surface area (Å²) in [6, 6.07) is 5.52. The van der Waals surface area contributed by atoms with Gasteiger partial charge in [-0.1, -0.05) is 6.07 Å². The van der Waals surface area contributed by atoms with Crippen molar-refractivity contribution in [2.75, 3.05) is 27.3 Å². The van der Waals surface area contributed by atoms with Crippen molar-refractivity contribution in [2.45, 2.75) is 38.5 Å². The van der Waals surface area contributed by atoms with Gasteiger partial charge in [-0.2, -0.15) is 0 Å². The summed E-state index contributed by atoms with van der Waals surface area (Å²) in [5.74, 6) is 1.79. The van der Waals surface area contributed by atoms with Gasteiger partial charge in [-0.25, -0.2) is 0 Å². The number of piperidine rings is 1. The maximum absolute atomic E-state index is 12.3. The minimum Gasteiger partial charge on any atom is -0.493 e. The maximum atomic E-state index is 12.3. The van der Waals surface area contributed by atoms with E-state index >= 15 is 0 Å². The topological polar surface area (TPSA) is 97.4 Å². The first kappa shape index (κ1) is 19.9. The maximum Gasteiger partial charge on any atom is 0.272 e. The van der Waals surface area contributed by atoms with Crippen LogP contribution in [-0.2, 0) is 17.6 Å². The number of benzene rings is 1. The molecule has 1 saturated heterocycles. The Bertz CT molecular complexity index is 875. The molecular weight excluding hydrogens is 360 g/mol. The lowest BCUT2D eigenvalue weighted by Gasteiger charge is -2.26. The predicted octanol–water partition coefficient (Wildman–Crippen LogP) is 1.72. The molecule has 0 atom stereocenters. The monoisotopic (exact) mass is 386 g/mol. The second-order valence-electron chi connectivity index (χ2n) is 6.86. The fraction of sp³-hybridized carbons (Fsp3) is 0.500. The van der Waals surface area contributed by atoms with Crippen LogP contribution in [0.4, 0.5) is 0 Å². The van der Waals surface area contributed by atoms with E-state index < -0.39 is 0 Å². The van der Waals surface area contributed by atoms with E-state index in [4.69, 9.17) is 9.47 Å². The van der Waals surface area contributed by atoms with Crippen LogP contribution in [0.5, 0.6) is 11.5 Å². The summed E-state index contributed by atoms with van der Waals surface area (Å²) < 4.78 is 10.5.